The number of imide groups is 1. The summed E-state index contributed by atoms with van der Waals surface area (Å²) in [6.45, 7) is 5.64. The minimum atomic E-state index is -1.27. The quantitative estimate of drug-likeness (QED) is 0.113. The van der Waals surface area contributed by atoms with Gasteiger partial charge in [-0.05, 0) is 40.0 Å². The Hall–Kier alpha value is -2.98. The number of carboxylic acids is 1. The van der Waals surface area contributed by atoms with E-state index < -0.39 is 41.3 Å². The number of hydrogen-bond donors (Lipinski definition) is 2. The van der Waals surface area contributed by atoms with Gasteiger partial charge in [0.25, 0.3) is 11.8 Å². The number of carbonyl (C=O) groups excluding carboxylic acids is 5. The van der Waals surface area contributed by atoms with E-state index in [1.54, 1.807) is 0 Å². The summed E-state index contributed by atoms with van der Waals surface area (Å²) in [5.41, 5.74) is -0.416. The van der Waals surface area contributed by atoms with Gasteiger partial charge in [0.2, 0.25) is 5.91 Å². The number of amides is 3. The van der Waals surface area contributed by atoms with Crippen molar-refractivity contribution in [2.45, 2.75) is 148 Å². The van der Waals surface area contributed by atoms with Gasteiger partial charge in [0.1, 0.15) is 11.6 Å². The summed E-state index contributed by atoms with van der Waals surface area (Å²) in [6.07, 6.45) is 12.7. The summed E-state index contributed by atoms with van der Waals surface area (Å²) in [5, 5.41) is 12.2. The highest BCUT2D eigenvalue weighted by molar-refractivity contribution is 6.01. The molecule has 0 aromatic carbocycles. The Kier molecular flexibility index (Phi) is 16.8. The smallest absolute Gasteiger partial charge is 0.333 e. The second-order valence-corrected chi connectivity index (χ2v) is 11.4. The number of esters is 1. The molecule has 0 aliphatic carbocycles. The molecule has 11 nitrogen and oxygen atoms in total. The highest BCUT2D eigenvalue weighted by atomic mass is 16.7. The van der Waals surface area contributed by atoms with Crippen LogP contribution in [0.2, 0.25) is 0 Å². The molecule has 1 aliphatic rings. The molecule has 0 aromatic rings. The molecule has 0 spiro atoms. The van der Waals surface area contributed by atoms with Gasteiger partial charge in [-0.1, -0.05) is 64.2 Å². The zero-order valence-electron chi connectivity index (χ0n) is 24.5. The van der Waals surface area contributed by atoms with Crippen molar-refractivity contribution in [3.8, 4) is 0 Å². The van der Waals surface area contributed by atoms with Crippen molar-refractivity contribution in [3.05, 3.63) is 0 Å². The van der Waals surface area contributed by atoms with Gasteiger partial charge in [-0.25, -0.2) is 9.59 Å². The third-order valence-corrected chi connectivity index (χ3v) is 6.42. The summed E-state index contributed by atoms with van der Waals surface area (Å²) in [6, 6.07) is -1.25. The second-order valence-electron chi connectivity index (χ2n) is 11.4. The van der Waals surface area contributed by atoms with Crippen LogP contribution in [-0.4, -0.2) is 57.4 Å². The van der Waals surface area contributed by atoms with Gasteiger partial charge < -0.3 is 20.0 Å². The van der Waals surface area contributed by atoms with Gasteiger partial charge in [0.15, 0.2) is 0 Å². The van der Waals surface area contributed by atoms with E-state index in [0.29, 0.717) is 17.9 Å². The van der Waals surface area contributed by atoms with Crippen molar-refractivity contribution in [2.24, 2.45) is 0 Å². The Bertz CT molecular complexity index is 835. The number of rotatable bonds is 21. The van der Waals surface area contributed by atoms with Crippen LogP contribution in [0, 0.1) is 0 Å². The summed E-state index contributed by atoms with van der Waals surface area (Å²) < 4.78 is 5.31. The minimum absolute atomic E-state index is 0.0269. The van der Waals surface area contributed by atoms with Gasteiger partial charge in [-0.2, -0.15) is 0 Å². The first-order chi connectivity index (χ1) is 18.9. The molecule has 0 bridgehead atoms. The molecule has 11 heteroatoms. The average Bonchev–Trinajstić information content (AvgIpc) is 3.17. The maximum Gasteiger partial charge on any atom is 0.333 e. The van der Waals surface area contributed by atoms with E-state index in [1.165, 1.54) is 25.7 Å². The number of aliphatic carboxylic acids is 1. The van der Waals surface area contributed by atoms with Crippen LogP contribution in [0.25, 0.3) is 0 Å². The number of nitrogens with zero attached hydrogens (tertiary/aromatic N) is 1. The number of unbranched alkanes of at least 4 members (excludes halogenated alkanes) is 11. The molecular weight excluding hydrogens is 520 g/mol. The third-order valence-electron chi connectivity index (χ3n) is 6.42. The lowest BCUT2D eigenvalue weighted by Crippen LogP contribution is -2.41. The summed E-state index contributed by atoms with van der Waals surface area (Å²) >= 11 is 0. The summed E-state index contributed by atoms with van der Waals surface area (Å²) in [5.74, 6) is -3.90. The fourth-order valence-electron chi connectivity index (χ4n) is 4.31. The summed E-state index contributed by atoms with van der Waals surface area (Å²) in [4.78, 5) is 74.8. The Morgan fingerprint density at radius 3 is 1.65 bits per heavy atom. The third kappa shape index (κ3) is 16.9. The Labute approximate surface area is 237 Å². The molecular formula is C29H48N2O9. The molecule has 1 heterocycles. The predicted molar refractivity (Wildman–Crippen MR) is 146 cm³/mol. The topological polar surface area (TPSA) is 156 Å². The van der Waals surface area contributed by atoms with Gasteiger partial charge in [-0.15, -0.1) is 5.06 Å². The van der Waals surface area contributed by atoms with Gasteiger partial charge in [-0.3, -0.25) is 19.2 Å². The first-order valence-corrected chi connectivity index (χ1v) is 14.7. The SMILES string of the molecule is CC(C)(C)OC(=O)CCCCCCCCCCCCCCC(=O)N[C@@H](CCC(=O)ON1C(=O)CCC1=O)C(=O)O. The van der Waals surface area contributed by atoms with E-state index in [2.05, 4.69) is 5.32 Å². The molecule has 1 fully saturated rings. The zero-order valence-corrected chi connectivity index (χ0v) is 24.5. The van der Waals surface area contributed by atoms with Crippen molar-refractivity contribution in [1.29, 1.82) is 0 Å². The minimum Gasteiger partial charge on any atom is -0.480 e. The summed E-state index contributed by atoms with van der Waals surface area (Å²) in [7, 11) is 0. The van der Waals surface area contributed by atoms with Crippen molar-refractivity contribution < 1.29 is 43.4 Å². The molecule has 1 rings (SSSR count). The molecule has 3 amide bonds. The Morgan fingerprint density at radius 1 is 0.750 bits per heavy atom. The van der Waals surface area contributed by atoms with Gasteiger partial charge in [0, 0.05) is 25.7 Å². The van der Waals surface area contributed by atoms with Crippen molar-refractivity contribution in [3.63, 3.8) is 0 Å². The van der Waals surface area contributed by atoms with E-state index in [1.807, 2.05) is 20.8 Å². The first kappa shape index (κ1) is 35.0. The maximum atomic E-state index is 12.1. The van der Waals surface area contributed by atoms with E-state index in [4.69, 9.17) is 9.57 Å². The van der Waals surface area contributed by atoms with Crippen molar-refractivity contribution >= 4 is 35.6 Å². The predicted octanol–water partition coefficient (Wildman–Crippen LogP) is 4.75. The van der Waals surface area contributed by atoms with Crippen molar-refractivity contribution in [1.82, 2.24) is 10.4 Å². The van der Waals surface area contributed by atoms with Crippen LogP contribution in [0.5, 0.6) is 0 Å². The fraction of sp³-hybridized carbons (Fsp3) is 0.793. The average molecular weight is 569 g/mol. The monoisotopic (exact) mass is 568 g/mol. The molecule has 0 radical (unpaired) electrons. The van der Waals surface area contributed by atoms with Crippen molar-refractivity contribution in [2.75, 3.05) is 0 Å². The number of hydroxylamine groups is 2. The molecule has 0 saturated carbocycles. The van der Waals surface area contributed by atoms with E-state index in [0.717, 1.165) is 44.9 Å². The molecule has 0 aromatic heterocycles. The van der Waals surface area contributed by atoms with Crippen LogP contribution < -0.4 is 5.32 Å². The van der Waals surface area contributed by atoms with E-state index in [-0.39, 0.29) is 38.1 Å². The van der Waals surface area contributed by atoms with Crippen LogP contribution in [0.1, 0.15) is 136 Å². The lowest BCUT2D eigenvalue weighted by atomic mass is 10.0. The number of nitrogens with one attached hydrogen (secondary N) is 1. The molecule has 0 unspecified atom stereocenters. The Balaban J connectivity index is 2.00. The van der Waals surface area contributed by atoms with Gasteiger partial charge in [0.05, 0.1) is 6.42 Å². The van der Waals surface area contributed by atoms with E-state index >= 15 is 0 Å². The first-order valence-electron chi connectivity index (χ1n) is 14.7. The van der Waals surface area contributed by atoms with Gasteiger partial charge >= 0.3 is 17.9 Å². The zero-order chi connectivity index (χ0) is 30.0. The highest BCUT2D eigenvalue weighted by Gasteiger charge is 2.33. The normalized spacial score (nSPS) is 14.2. The standard InChI is InChI=1S/C29H48N2O9/c1-29(2,3)39-26(35)17-15-13-11-9-7-5-4-6-8-10-12-14-16-23(32)30-22(28(37)38)18-21-27(36)40-31-24(33)19-20-25(31)34/h22H,4-21H2,1-3H3,(H,30,32)(H,37,38)/t22-/m0/s1. The number of ether oxygens (including phenoxy) is 1. The van der Waals surface area contributed by atoms with Crippen LogP contribution in [0.4, 0.5) is 0 Å². The van der Waals surface area contributed by atoms with Crippen LogP contribution in [-0.2, 0) is 38.3 Å². The maximum absolute atomic E-state index is 12.1. The largest absolute Gasteiger partial charge is 0.480 e. The number of hydrogen-bond acceptors (Lipinski definition) is 8. The lowest BCUT2D eigenvalue weighted by Gasteiger charge is -2.19. The number of carboxylic acid groups (broad SMARTS) is 1. The lowest BCUT2D eigenvalue weighted by molar-refractivity contribution is -0.197. The van der Waals surface area contributed by atoms with Crippen LogP contribution >= 0.6 is 0 Å². The molecule has 40 heavy (non-hydrogen) atoms. The highest BCUT2D eigenvalue weighted by Crippen LogP contribution is 2.15. The van der Waals surface area contributed by atoms with Crippen LogP contribution in [0.15, 0.2) is 0 Å². The Morgan fingerprint density at radius 2 is 1.20 bits per heavy atom. The van der Waals surface area contributed by atoms with E-state index in [9.17, 15) is 33.9 Å². The second kappa shape index (κ2) is 19.2. The number of carbonyl (C=O) groups is 6. The molecule has 2 N–H and O–H groups in total. The van der Waals surface area contributed by atoms with Crippen LogP contribution in [0.3, 0.4) is 0 Å². The molecule has 228 valence electrons. The fourth-order valence-corrected chi connectivity index (χ4v) is 4.31. The molecule has 1 aliphatic heterocycles. The molecule has 1 atom stereocenters. The molecule has 1 saturated heterocycles.